The molecular weight excluding hydrogens is 802 g/mol. The second-order valence-electron chi connectivity index (χ2n) is 15.4. The molecule has 0 saturated carbocycles. The van der Waals surface area contributed by atoms with E-state index in [4.69, 9.17) is 15.0 Å². The summed E-state index contributed by atoms with van der Waals surface area (Å²) in [5, 5.41) is 22.8. The SMILES string of the molecule is Cc1ccc(-c2ccc3c(c2)c2ccccc2n3-c2c(-c3ccccc3C#N)cc(-c3nc(-c4ccccc4)nc(-c4ccccc4)n3)cc2-c2ccccc2C#N)c(C(F)(F)F)c1. The smallest absolute Gasteiger partial charge is 0.308 e. The van der Waals surface area contributed by atoms with E-state index in [0.29, 0.717) is 78.7 Å². The molecule has 0 atom stereocenters. The van der Waals surface area contributed by atoms with Crippen LogP contribution in [0.1, 0.15) is 22.3 Å². The number of hydrogen-bond acceptors (Lipinski definition) is 5. The molecule has 0 bridgehead atoms. The summed E-state index contributed by atoms with van der Waals surface area (Å²) in [5.41, 5.74) is 7.98. The first kappa shape index (κ1) is 39.5. The van der Waals surface area contributed by atoms with Gasteiger partial charge in [0.2, 0.25) is 0 Å². The number of aromatic nitrogens is 4. The van der Waals surface area contributed by atoms with Crippen molar-refractivity contribution >= 4 is 21.8 Å². The van der Waals surface area contributed by atoms with Crippen LogP contribution < -0.4 is 0 Å². The van der Waals surface area contributed by atoms with E-state index in [1.807, 2.05) is 146 Å². The van der Waals surface area contributed by atoms with E-state index in [-0.39, 0.29) is 5.56 Å². The van der Waals surface area contributed by atoms with E-state index >= 15 is 0 Å². The van der Waals surface area contributed by atoms with Gasteiger partial charge < -0.3 is 4.57 Å². The molecule has 0 radical (unpaired) electrons. The second-order valence-corrected chi connectivity index (χ2v) is 15.4. The number of benzene rings is 8. The minimum Gasteiger partial charge on any atom is -0.308 e. The van der Waals surface area contributed by atoms with Gasteiger partial charge in [0.15, 0.2) is 17.5 Å². The summed E-state index contributed by atoms with van der Waals surface area (Å²) in [6.45, 7) is 1.65. The molecule has 9 heteroatoms. The van der Waals surface area contributed by atoms with E-state index in [2.05, 4.69) is 16.7 Å². The van der Waals surface area contributed by atoms with Crippen molar-refractivity contribution in [3.05, 3.63) is 204 Å². The molecule has 0 aliphatic carbocycles. The van der Waals surface area contributed by atoms with E-state index in [9.17, 15) is 23.7 Å². The second kappa shape index (κ2) is 16.0. The summed E-state index contributed by atoms with van der Waals surface area (Å²) < 4.78 is 45.7. The van der Waals surface area contributed by atoms with Gasteiger partial charge >= 0.3 is 6.18 Å². The molecule has 10 rings (SSSR count). The zero-order valence-electron chi connectivity index (χ0n) is 34.1. The lowest BCUT2D eigenvalue weighted by Gasteiger charge is -2.22. The molecule has 304 valence electrons. The number of hydrogen-bond donors (Lipinski definition) is 0. The van der Waals surface area contributed by atoms with Crippen LogP contribution in [-0.4, -0.2) is 19.5 Å². The van der Waals surface area contributed by atoms with E-state index in [1.54, 1.807) is 31.2 Å². The third kappa shape index (κ3) is 7.01. The number of para-hydroxylation sites is 1. The van der Waals surface area contributed by atoms with Gasteiger partial charge in [-0.05, 0) is 66.6 Å². The Morgan fingerprint density at radius 3 is 1.50 bits per heavy atom. The summed E-state index contributed by atoms with van der Waals surface area (Å²) in [6, 6.07) is 60.3. The molecule has 2 heterocycles. The lowest BCUT2D eigenvalue weighted by atomic mass is 9.89. The van der Waals surface area contributed by atoms with Crippen molar-refractivity contribution < 1.29 is 13.2 Å². The zero-order chi connectivity index (χ0) is 44.0. The highest BCUT2D eigenvalue weighted by Gasteiger charge is 2.34. The van der Waals surface area contributed by atoms with Crippen molar-refractivity contribution in [1.82, 2.24) is 19.5 Å². The summed E-state index contributed by atoms with van der Waals surface area (Å²) in [5.74, 6) is 1.30. The monoisotopic (exact) mass is 834 g/mol. The number of aryl methyl sites for hydroxylation is 1. The fourth-order valence-electron chi connectivity index (χ4n) is 8.51. The quantitative estimate of drug-likeness (QED) is 0.159. The van der Waals surface area contributed by atoms with Crippen LogP contribution in [-0.2, 0) is 6.18 Å². The maximum atomic E-state index is 14.6. The predicted molar refractivity (Wildman–Crippen MR) is 246 cm³/mol. The van der Waals surface area contributed by atoms with Crippen LogP contribution in [0.3, 0.4) is 0 Å². The van der Waals surface area contributed by atoms with Crippen molar-refractivity contribution in [2.45, 2.75) is 13.1 Å². The Morgan fingerprint density at radius 1 is 0.438 bits per heavy atom. The van der Waals surface area contributed by atoms with Gasteiger partial charge in [-0.3, -0.25) is 0 Å². The van der Waals surface area contributed by atoms with Crippen LogP contribution in [0.25, 0.3) is 95.0 Å². The van der Waals surface area contributed by atoms with Crippen molar-refractivity contribution in [3.63, 3.8) is 0 Å². The molecule has 64 heavy (non-hydrogen) atoms. The molecule has 6 nitrogen and oxygen atoms in total. The minimum atomic E-state index is -4.57. The van der Waals surface area contributed by atoms with Crippen molar-refractivity contribution in [3.8, 4) is 85.4 Å². The van der Waals surface area contributed by atoms with Gasteiger partial charge in [-0.15, -0.1) is 0 Å². The Balaban J connectivity index is 1.34. The Morgan fingerprint density at radius 2 is 0.938 bits per heavy atom. The van der Waals surface area contributed by atoms with Gasteiger partial charge in [-0.25, -0.2) is 15.0 Å². The molecule has 0 amide bonds. The molecule has 2 aromatic heterocycles. The zero-order valence-corrected chi connectivity index (χ0v) is 34.1. The Labute approximate surface area is 366 Å². The van der Waals surface area contributed by atoms with Gasteiger partial charge in [0.1, 0.15) is 0 Å². The lowest BCUT2D eigenvalue weighted by molar-refractivity contribution is -0.137. The van der Waals surface area contributed by atoms with Gasteiger partial charge in [-0.1, -0.05) is 139 Å². The Kier molecular flexibility index (Phi) is 9.86. The lowest BCUT2D eigenvalue weighted by Crippen LogP contribution is -2.07. The highest BCUT2D eigenvalue weighted by molar-refractivity contribution is 6.12. The Hall–Kier alpha value is -8.66. The molecule has 8 aromatic carbocycles. The molecule has 10 aromatic rings. The average molecular weight is 835 g/mol. The van der Waals surface area contributed by atoms with Crippen LogP contribution in [0.2, 0.25) is 0 Å². The van der Waals surface area contributed by atoms with Crippen LogP contribution in [0.15, 0.2) is 182 Å². The van der Waals surface area contributed by atoms with E-state index < -0.39 is 11.7 Å². The number of fused-ring (bicyclic) bond motifs is 3. The maximum Gasteiger partial charge on any atom is 0.417 e. The first-order valence-corrected chi connectivity index (χ1v) is 20.5. The van der Waals surface area contributed by atoms with Crippen LogP contribution >= 0.6 is 0 Å². The fraction of sp³-hybridized carbons (Fsp3) is 0.0364. The normalized spacial score (nSPS) is 11.4. The Bertz CT molecular complexity index is 3390. The van der Waals surface area contributed by atoms with E-state index in [1.165, 1.54) is 12.1 Å². The van der Waals surface area contributed by atoms with E-state index in [0.717, 1.165) is 27.4 Å². The van der Waals surface area contributed by atoms with Crippen LogP contribution in [0.4, 0.5) is 13.2 Å². The van der Waals surface area contributed by atoms with Crippen molar-refractivity contribution in [1.29, 1.82) is 10.5 Å². The van der Waals surface area contributed by atoms with Gasteiger partial charge in [0, 0.05) is 49.7 Å². The summed E-state index contributed by atoms with van der Waals surface area (Å²) in [4.78, 5) is 15.1. The molecule has 0 spiro atoms. The molecule has 0 aliphatic heterocycles. The first-order chi connectivity index (χ1) is 31.2. The molecule has 0 aliphatic rings. The maximum absolute atomic E-state index is 14.6. The minimum absolute atomic E-state index is 0.0792. The van der Waals surface area contributed by atoms with Gasteiger partial charge in [-0.2, -0.15) is 23.7 Å². The average Bonchev–Trinajstić information content (AvgIpc) is 3.66. The topological polar surface area (TPSA) is 91.2 Å². The third-order valence-electron chi connectivity index (χ3n) is 11.4. The van der Waals surface area contributed by atoms with Crippen molar-refractivity contribution in [2.24, 2.45) is 0 Å². The fourth-order valence-corrected chi connectivity index (χ4v) is 8.51. The standard InChI is InChI=1S/C55H33F3N6/c1-34-24-26-43(48(28-34)55(56,57)58)37-25-27-50-45(29-37)44-22-12-13-23-49(44)64(50)51-46(41-20-10-8-18-38(41)32-59)30-40(31-47(51)42-21-11-9-19-39(42)33-60)54-62-52(35-14-4-2-5-15-35)61-53(63-54)36-16-6-3-7-17-36/h2-31H,1H3. The van der Waals surface area contributed by atoms with Gasteiger partial charge in [0.05, 0.1) is 45.5 Å². The molecule has 0 N–H and O–H groups in total. The third-order valence-corrected chi connectivity index (χ3v) is 11.4. The number of nitriles is 2. The summed E-state index contributed by atoms with van der Waals surface area (Å²) in [7, 11) is 0. The van der Waals surface area contributed by atoms with Crippen LogP contribution in [0.5, 0.6) is 0 Å². The molecule has 0 saturated heterocycles. The molecule has 0 unspecified atom stereocenters. The number of alkyl halides is 3. The number of rotatable bonds is 7. The van der Waals surface area contributed by atoms with Gasteiger partial charge in [0.25, 0.3) is 0 Å². The highest BCUT2D eigenvalue weighted by atomic mass is 19.4. The number of halogens is 3. The largest absolute Gasteiger partial charge is 0.417 e. The first-order valence-electron chi connectivity index (χ1n) is 20.5. The van der Waals surface area contributed by atoms with Crippen LogP contribution in [0, 0.1) is 29.6 Å². The predicted octanol–water partition coefficient (Wildman–Crippen LogP) is 14.0. The van der Waals surface area contributed by atoms with Crippen molar-refractivity contribution in [2.75, 3.05) is 0 Å². The summed E-state index contributed by atoms with van der Waals surface area (Å²) >= 11 is 0. The summed E-state index contributed by atoms with van der Waals surface area (Å²) in [6.07, 6.45) is -4.57. The number of nitrogens with zero attached hydrogens (tertiary/aromatic N) is 6. The molecular formula is C55H33F3N6. The highest BCUT2D eigenvalue weighted by Crippen LogP contribution is 2.46. The molecule has 0 fully saturated rings.